The molecule has 0 heterocycles. The number of nitrogens with one attached hydrogen (secondary N) is 1. The Kier molecular flexibility index (Phi) is 22.7. The summed E-state index contributed by atoms with van der Waals surface area (Å²) >= 11 is 0. The van der Waals surface area contributed by atoms with Crippen LogP contribution >= 0.6 is 0 Å². The van der Waals surface area contributed by atoms with Gasteiger partial charge in [-0.3, -0.25) is 9.59 Å². The third-order valence-electron chi connectivity index (χ3n) is 5.41. The molecule has 0 saturated heterocycles. The van der Waals surface area contributed by atoms with E-state index >= 15 is 0 Å². The first-order valence-corrected chi connectivity index (χ1v) is 11.5. The second-order valence-electron chi connectivity index (χ2n) is 10.4. The summed E-state index contributed by atoms with van der Waals surface area (Å²) in [5.41, 5.74) is -0.616. The molecule has 0 radical (unpaired) electrons. The van der Waals surface area contributed by atoms with Crippen molar-refractivity contribution in [1.29, 1.82) is 0 Å². The van der Waals surface area contributed by atoms with Crippen molar-refractivity contribution in [2.45, 2.75) is 81.8 Å². The molecule has 0 bridgehead atoms. The van der Waals surface area contributed by atoms with Gasteiger partial charge in [-0.1, -0.05) is 42.5 Å². The smallest absolute Gasteiger partial charge is 0.311 e. The Morgan fingerprint density at radius 2 is 1.21 bits per heavy atom. The second kappa shape index (κ2) is 19.2. The maximum absolute atomic E-state index is 12.0. The van der Waals surface area contributed by atoms with E-state index in [1.54, 1.807) is 0 Å². The van der Waals surface area contributed by atoms with Gasteiger partial charge in [-0.05, 0) is 81.9 Å². The van der Waals surface area contributed by atoms with E-state index in [1.807, 2.05) is 93.6 Å². The van der Waals surface area contributed by atoms with E-state index in [9.17, 15) is 9.59 Å². The van der Waals surface area contributed by atoms with E-state index in [4.69, 9.17) is 4.74 Å². The van der Waals surface area contributed by atoms with E-state index in [0.29, 0.717) is 0 Å². The number of esters is 1. The fourth-order valence-corrected chi connectivity index (χ4v) is 2.40. The van der Waals surface area contributed by atoms with Crippen molar-refractivity contribution in [2.24, 2.45) is 10.8 Å². The molecule has 0 aliphatic carbocycles. The minimum absolute atomic E-state index is 0. The fraction of sp³-hybridized carbons (Fsp3) is 0.923. The fourth-order valence-electron chi connectivity index (χ4n) is 2.40. The molecule has 0 aliphatic heterocycles. The number of hydrogen-bond acceptors (Lipinski definition) is 6. The van der Waals surface area contributed by atoms with E-state index in [1.165, 1.54) is 0 Å². The second-order valence-corrected chi connectivity index (χ2v) is 10.4. The lowest BCUT2D eigenvalue weighted by Crippen LogP contribution is -2.40. The van der Waals surface area contributed by atoms with Crippen LogP contribution in [0.25, 0.3) is 0 Å². The lowest BCUT2D eigenvalue weighted by molar-refractivity contribution is -0.161. The number of nitrogens with zero attached hydrogens (tertiary/aromatic N) is 3. The molecule has 0 aliphatic rings. The molecule has 7 nitrogen and oxygen atoms in total. The Hall–Kier alpha value is -1.18. The normalized spacial score (nSPS) is 11.5. The maximum atomic E-state index is 12.0. The zero-order chi connectivity index (χ0) is 24.8. The van der Waals surface area contributed by atoms with Crippen molar-refractivity contribution in [2.75, 3.05) is 68.5 Å². The van der Waals surface area contributed by atoms with Crippen LogP contribution in [0.1, 0.15) is 75.7 Å². The van der Waals surface area contributed by atoms with Gasteiger partial charge in [0.05, 0.1) is 5.41 Å². The average molecular weight is 477 g/mol. The number of rotatable bonds is 13. The topological polar surface area (TPSA) is 65.1 Å². The third-order valence-corrected chi connectivity index (χ3v) is 5.41. The van der Waals surface area contributed by atoms with Crippen molar-refractivity contribution in [3.8, 4) is 0 Å². The number of ether oxygens (including phenoxy) is 1. The van der Waals surface area contributed by atoms with E-state index in [-0.39, 0.29) is 38.2 Å². The van der Waals surface area contributed by atoms with Crippen LogP contribution in [-0.2, 0) is 14.3 Å². The first-order chi connectivity index (χ1) is 14.1. The van der Waals surface area contributed by atoms with E-state index < -0.39 is 5.41 Å². The van der Waals surface area contributed by atoms with Gasteiger partial charge in [0.15, 0.2) is 0 Å². The molecule has 0 unspecified atom stereocenters. The number of carbonyl (C=O) groups is 2. The van der Waals surface area contributed by atoms with E-state index in [2.05, 4.69) is 10.2 Å². The van der Waals surface area contributed by atoms with Crippen LogP contribution < -0.4 is 5.32 Å². The van der Waals surface area contributed by atoms with Gasteiger partial charge in [0, 0.05) is 25.0 Å². The molecular weight excluding hydrogens is 416 g/mol. The Labute approximate surface area is 207 Å². The Morgan fingerprint density at radius 1 is 0.788 bits per heavy atom. The molecule has 0 atom stereocenters. The van der Waals surface area contributed by atoms with Crippen LogP contribution in [0.5, 0.6) is 0 Å². The van der Waals surface area contributed by atoms with Crippen LogP contribution in [0.15, 0.2) is 0 Å². The van der Waals surface area contributed by atoms with Crippen LogP contribution in [-0.4, -0.2) is 101 Å². The Balaban J connectivity index is -0.000000244. The molecule has 7 heteroatoms. The van der Waals surface area contributed by atoms with Crippen molar-refractivity contribution in [3.63, 3.8) is 0 Å². The van der Waals surface area contributed by atoms with Gasteiger partial charge in [0.25, 0.3) is 0 Å². The average Bonchev–Trinajstić information content (AvgIpc) is 2.64. The van der Waals surface area contributed by atoms with Gasteiger partial charge in [0.2, 0.25) is 5.91 Å². The summed E-state index contributed by atoms with van der Waals surface area (Å²) in [7, 11) is 12.0. The monoisotopic (exact) mass is 476 g/mol. The summed E-state index contributed by atoms with van der Waals surface area (Å²) in [6.45, 7) is 15.2. The summed E-state index contributed by atoms with van der Waals surface area (Å²) in [6, 6.07) is 0. The SMILES string of the molecule is C.C.CCC(C)(C)C(=O)NCCCN(C)C.CCC(C)(C)C(=O)OC(CN(C)C)CN(C)C. The number of hydrogen-bond donors (Lipinski definition) is 1. The first kappa shape index (κ1) is 39.1. The van der Waals surface area contributed by atoms with Gasteiger partial charge >= 0.3 is 5.97 Å². The largest absolute Gasteiger partial charge is 0.459 e. The molecule has 1 N–H and O–H groups in total. The predicted molar refractivity (Wildman–Crippen MR) is 145 cm³/mol. The van der Waals surface area contributed by atoms with Crippen molar-refractivity contribution in [1.82, 2.24) is 20.0 Å². The van der Waals surface area contributed by atoms with Gasteiger partial charge in [-0.2, -0.15) is 0 Å². The van der Waals surface area contributed by atoms with Crippen molar-refractivity contribution < 1.29 is 14.3 Å². The molecule has 0 aromatic rings. The number of likely N-dealkylation sites (N-methyl/N-ethyl adjacent to an activating group) is 2. The highest BCUT2D eigenvalue weighted by molar-refractivity contribution is 5.81. The quantitative estimate of drug-likeness (QED) is 0.317. The zero-order valence-electron chi connectivity index (χ0n) is 22.6. The minimum atomic E-state index is -0.392. The summed E-state index contributed by atoms with van der Waals surface area (Å²) in [5, 5.41) is 2.96. The van der Waals surface area contributed by atoms with Crippen LogP contribution in [0.3, 0.4) is 0 Å². The first-order valence-electron chi connectivity index (χ1n) is 11.5. The number of amides is 1. The molecule has 1 amide bonds. The van der Waals surface area contributed by atoms with Crippen LogP contribution in [0, 0.1) is 10.8 Å². The Bertz CT molecular complexity index is 494. The minimum Gasteiger partial charge on any atom is -0.459 e. The van der Waals surface area contributed by atoms with Crippen molar-refractivity contribution in [3.05, 3.63) is 0 Å². The molecule has 0 saturated carbocycles. The standard InChI is InChI=1S/C13H28N2O2.C11H24N2O.2CH4/c1-8-13(2,3)12(16)17-11(9-14(4)5)10-15(6)7;1-6-11(2,3)10(14)12-8-7-9-13(4)5;;/h11H,8-10H2,1-7H3;6-9H2,1-5H3,(H,12,14);2*1H4. The molecule has 0 fully saturated rings. The highest BCUT2D eigenvalue weighted by atomic mass is 16.5. The predicted octanol–water partition coefficient (Wildman–Crippen LogP) is 4.22. The molecule has 0 rings (SSSR count). The molecule has 33 heavy (non-hydrogen) atoms. The zero-order valence-corrected chi connectivity index (χ0v) is 22.6. The third kappa shape index (κ3) is 20.0. The van der Waals surface area contributed by atoms with Crippen molar-refractivity contribution >= 4 is 11.9 Å². The summed E-state index contributed by atoms with van der Waals surface area (Å²) in [5.74, 6) is 0.0625. The van der Waals surface area contributed by atoms with Gasteiger partial charge in [-0.25, -0.2) is 0 Å². The van der Waals surface area contributed by atoms with Gasteiger partial charge in [0.1, 0.15) is 6.10 Å². The molecular formula is C26H60N4O3. The summed E-state index contributed by atoms with van der Waals surface area (Å²) < 4.78 is 5.61. The van der Waals surface area contributed by atoms with Gasteiger partial charge < -0.3 is 24.8 Å². The molecule has 0 aromatic carbocycles. The lowest BCUT2D eigenvalue weighted by Gasteiger charge is -2.28. The summed E-state index contributed by atoms with van der Waals surface area (Å²) in [6.07, 6.45) is 2.62. The Morgan fingerprint density at radius 3 is 1.55 bits per heavy atom. The summed E-state index contributed by atoms with van der Waals surface area (Å²) in [4.78, 5) is 29.8. The molecule has 0 spiro atoms. The molecule has 0 aromatic heterocycles. The van der Waals surface area contributed by atoms with Crippen LogP contribution in [0.4, 0.5) is 0 Å². The lowest BCUT2D eigenvalue weighted by atomic mass is 9.89. The highest BCUT2D eigenvalue weighted by Gasteiger charge is 2.30. The maximum Gasteiger partial charge on any atom is 0.311 e. The van der Waals surface area contributed by atoms with Crippen LogP contribution in [0.2, 0.25) is 0 Å². The van der Waals surface area contributed by atoms with Gasteiger partial charge in [-0.15, -0.1) is 0 Å². The number of carbonyl (C=O) groups excluding carboxylic acids is 2. The van der Waals surface area contributed by atoms with E-state index in [0.717, 1.165) is 45.4 Å². The highest BCUT2D eigenvalue weighted by Crippen LogP contribution is 2.22. The molecule has 202 valence electrons.